The van der Waals surface area contributed by atoms with Gasteiger partial charge in [0.25, 0.3) is 0 Å². The first-order valence-electron chi connectivity index (χ1n) is 7.94. The molecule has 2 N–H and O–H groups in total. The third-order valence-electron chi connectivity index (χ3n) is 3.58. The van der Waals surface area contributed by atoms with Crippen molar-refractivity contribution in [1.29, 1.82) is 0 Å². The number of benzene rings is 2. The van der Waals surface area contributed by atoms with Gasteiger partial charge in [-0.3, -0.25) is 9.59 Å². The monoisotopic (exact) mass is 361 g/mol. The molecule has 0 unspecified atom stereocenters. The van der Waals surface area contributed by atoms with Gasteiger partial charge in [0, 0.05) is 17.1 Å². The van der Waals surface area contributed by atoms with E-state index in [0.29, 0.717) is 35.1 Å². The molecule has 0 atom stereocenters. The summed E-state index contributed by atoms with van der Waals surface area (Å²) in [6.45, 7) is 2.31. The molecule has 0 spiro atoms. The highest BCUT2D eigenvalue weighted by Gasteiger charge is 2.09. The van der Waals surface area contributed by atoms with Crippen LogP contribution in [0.25, 0.3) is 0 Å². The summed E-state index contributed by atoms with van der Waals surface area (Å²) in [4.78, 5) is 22.9. The predicted molar refractivity (Wildman–Crippen MR) is 97.3 cm³/mol. The van der Waals surface area contributed by atoms with E-state index in [1.807, 2.05) is 13.0 Å². The van der Waals surface area contributed by atoms with E-state index in [9.17, 15) is 9.59 Å². The number of aliphatic carboxylic acids is 1. The zero-order chi connectivity index (χ0) is 18.2. The standard InChI is InChI=1S/C19H20ClNO4/c1-13-11-15(8-9-16(13)20)25-10-4-7-18(22)21-17-6-3-2-5-14(17)12-19(23)24/h2-3,5-6,8-9,11H,4,7,10,12H2,1H3,(H,21,22)(H,23,24). The number of halogens is 1. The van der Waals surface area contributed by atoms with E-state index in [1.165, 1.54) is 0 Å². The van der Waals surface area contributed by atoms with Crippen LogP contribution in [-0.2, 0) is 16.0 Å². The number of nitrogens with one attached hydrogen (secondary N) is 1. The summed E-state index contributed by atoms with van der Waals surface area (Å²) in [6.07, 6.45) is 0.706. The van der Waals surface area contributed by atoms with Gasteiger partial charge in [0.1, 0.15) is 5.75 Å². The first-order valence-corrected chi connectivity index (χ1v) is 8.32. The molecule has 6 heteroatoms. The van der Waals surface area contributed by atoms with Crippen LogP contribution in [0.15, 0.2) is 42.5 Å². The molecule has 0 fully saturated rings. The SMILES string of the molecule is Cc1cc(OCCCC(=O)Nc2ccccc2CC(=O)O)ccc1Cl. The van der Waals surface area contributed by atoms with Crippen LogP contribution in [0.4, 0.5) is 5.69 Å². The summed E-state index contributed by atoms with van der Waals surface area (Å²) < 4.78 is 5.60. The number of carboxylic acid groups (broad SMARTS) is 1. The molecule has 0 aliphatic rings. The number of para-hydroxylation sites is 1. The molecule has 1 amide bonds. The Morgan fingerprint density at radius 1 is 1.20 bits per heavy atom. The number of ether oxygens (including phenoxy) is 1. The van der Waals surface area contributed by atoms with Crippen molar-refractivity contribution in [2.45, 2.75) is 26.2 Å². The largest absolute Gasteiger partial charge is 0.494 e. The molecule has 0 aliphatic heterocycles. The second-order valence-electron chi connectivity index (χ2n) is 5.64. The molecule has 132 valence electrons. The molecule has 5 nitrogen and oxygen atoms in total. The summed E-state index contributed by atoms with van der Waals surface area (Å²) >= 11 is 5.96. The number of carboxylic acids is 1. The highest BCUT2D eigenvalue weighted by atomic mass is 35.5. The predicted octanol–water partition coefficient (Wildman–Crippen LogP) is 4.07. The van der Waals surface area contributed by atoms with Crippen molar-refractivity contribution in [1.82, 2.24) is 0 Å². The lowest BCUT2D eigenvalue weighted by molar-refractivity contribution is -0.136. The number of hydrogen-bond donors (Lipinski definition) is 2. The van der Waals surface area contributed by atoms with E-state index >= 15 is 0 Å². The smallest absolute Gasteiger partial charge is 0.307 e. The van der Waals surface area contributed by atoms with Crippen LogP contribution >= 0.6 is 11.6 Å². The zero-order valence-electron chi connectivity index (χ0n) is 13.9. The number of rotatable bonds is 8. The molecule has 25 heavy (non-hydrogen) atoms. The fraction of sp³-hybridized carbons (Fsp3) is 0.263. The Morgan fingerprint density at radius 2 is 1.96 bits per heavy atom. The number of carbonyl (C=O) groups is 2. The van der Waals surface area contributed by atoms with E-state index in [4.69, 9.17) is 21.4 Å². The van der Waals surface area contributed by atoms with E-state index in [-0.39, 0.29) is 18.7 Å². The molecule has 0 aromatic heterocycles. The number of anilines is 1. The van der Waals surface area contributed by atoms with Crippen LogP contribution in [0.5, 0.6) is 5.75 Å². The summed E-state index contributed by atoms with van der Waals surface area (Å²) in [7, 11) is 0. The van der Waals surface area contributed by atoms with Gasteiger partial charge in [0.2, 0.25) is 5.91 Å². The summed E-state index contributed by atoms with van der Waals surface area (Å²) in [6, 6.07) is 12.3. The Kier molecular flexibility index (Phi) is 6.83. The minimum Gasteiger partial charge on any atom is -0.494 e. The fourth-order valence-electron chi connectivity index (χ4n) is 2.30. The molecule has 0 radical (unpaired) electrons. The molecule has 0 bridgehead atoms. The highest BCUT2D eigenvalue weighted by Crippen LogP contribution is 2.21. The number of aryl methyl sites for hydroxylation is 1. The lowest BCUT2D eigenvalue weighted by atomic mass is 10.1. The molecular formula is C19H20ClNO4. The zero-order valence-corrected chi connectivity index (χ0v) is 14.7. The summed E-state index contributed by atoms with van der Waals surface area (Å²) in [5.74, 6) is -0.392. The molecule has 0 saturated carbocycles. The summed E-state index contributed by atoms with van der Waals surface area (Å²) in [5.41, 5.74) is 2.05. The van der Waals surface area contributed by atoms with Gasteiger partial charge in [0.15, 0.2) is 0 Å². The number of hydrogen-bond acceptors (Lipinski definition) is 3. The van der Waals surface area contributed by atoms with Gasteiger partial charge in [-0.15, -0.1) is 0 Å². The minimum absolute atomic E-state index is 0.129. The van der Waals surface area contributed by atoms with Crippen LogP contribution < -0.4 is 10.1 Å². The van der Waals surface area contributed by atoms with Gasteiger partial charge in [0.05, 0.1) is 13.0 Å². The fourth-order valence-corrected chi connectivity index (χ4v) is 2.42. The lowest BCUT2D eigenvalue weighted by Gasteiger charge is -2.10. The maximum absolute atomic E-state index is 12.0. The van der Waals surface area contributed by atoms with E-state index in [1.54, 1.807) is 36.4 Å². The van der Waals surface area contributed by atoms with Gasteiger partial charge in [-0.05, 0) is 48.7 Å². The molecule has 0 saturated heterocycles. The molecule has 0 heterocycles. The molecule has 2 aromatic rings. The molecule has 2 aromatic carbocycles. The first kappa shape index (κ1) is 18.8. The third-order valence-corrected chi connectivity index (χ3v) is 4.00. The van der Waals surface area contributed by atoms with Crippen molar-refractivity contribution in [2.75, 3.05) is 11.9 Å². The van der Waals surface area contributed by atoms with Crippen molar-refractivity contribution in [3.05, 3.63) is 58.6 Å². The minimum atomic E-state index is -0.937. The van der Waals surface area contributed by atoms with Crippen LogP contribution in [0.2, 0.25) is 5.02 Å². The van der Waals surface area contributed by atoms with Gasteiger partial charge in [-0.2, -0.15) is 0 Å². The Balaban J connectivity index is 1.79. The van der Waals surface area contributed by atoms with Gasteiger partial charge >= 0.3 is 5.97 Å². The van der Waals surface area contributed by atoms with E-state index < -0.39 is 5.97 Å². The summed E-state index contributed by atoms with van der Waals surface area (Å²) in [5, 5.41) is 12.3. The Hall–Kier alpha value is -2.53. The highest BCUT2D eigenvalue weighted by molar-refractivity contribution is 6.31. The lowest BCUT2D eigenvalue weighted by Crippen LogP contribution is -2.15. The average Bonchev–Trinajstić information content (AvgIpc) is 2.56. The maximum Gasteiger partial charge on any atom is 0.307 e. The van der Waals surface area contributed by atoms with Crippen LogP contribution in [0, 0.1) is 6.92 Å². The van der Waals surface area contributed by atoms with Crippen LogP contribution in [0.3, 0.4) is 0 Å². The van der Waals surface area contributed by atoms with Crippen molar-refractivity contribution in [3.8, 4) is 5.75 Å². The maximum atomic E-state index is 12.0. The van der Waals surface area contributed by atoms with Crippen molar-refractivity contribution in [2.24, 2.45) is 0 Å². The van der Waals surface area contributed by atoms with Crippen molar-refractivity contribution >= 4 is 29.2 Å². The van der Waals surface area contributed by atoms with E-state index in [0.717, 1.165) is 5.56 Å². The van der Waals surface area contributed by atoms with E-state index in [2.05, 4.69) is 5.32 Å². The molecule has 2 rings (SSSR count). The van der Waals surface area contributed by atoms with Gasteiger partial charge in [-0.25, -0.2) is 0 Å². The second kappa shape index (κ2) is 9.08. The van der Waals surface area contributed by atoms with Gasteiger partial charge in [-0.1, -0.05) is 29.8 Å². The molecule has 0 aliphatic carbocycles. The van der Waals surface area contributed by atoms with Crippen LogP contribution in [0.1, 0.15) is 24.0 Å². The molecular weight excluding hydrogens is 342 g/mol. The Bertz CT molecular complexity index is 761. The topological polar surface area (TPSA) is 75.6 Å². The Morgan fingerprint density at radius 3 is 2.68 bits per heavy atom. The van der Waals surface area contributed by atoms with Gasteiger partial charge < -0.3 is 15.2 Å². The van der Waals surface area contributed by atoms with Crippen molar-refractivity contribution < 1.29 is 19.4 Å². The van der Waals surface area contributed by atoms with Crippen molar-refractivity contribution in [3.63, 3.8) is 0 Å². The normalized spacial score (nSPS) is 10.3. The third kappa shape index (κ3) is 6.12. The van der Waals surface area contributed by atoms with Crippen LogP contribution in [-0.4, -0.2) is 23.6 Å². The second-order valence-corrected chi connectivity index (χ2v) is 6.05. The first-order chi connectivity index (χ1) is 12.0. The Labute approximate surface area is 151 Å². The quantitative estimate of drug-likeness (QED) is 0.695. The number of amides is 1. The average molecular weight is 362 g/mol. The number of carbonyl (C=O) groups excluding carboxylic acids is 1.